The van der Waals surface area contributed by atoms with Crippen LogP contribution < -0.4 is 4.90 Å². The Hall–Kier alpha value is -2.51. The summed E-state index contributed by atoms with van der Waals surface area (Å²) in [5.74, 6) is -0.321. The second kappa shape index (κ2) is 9.33. The van der Waals surface area contributed by atoms with Gasteiger partial charge in [0, 0.05) is 54.9 Å². The van der Waals surface area contributed by atoms with Crippen LogP contribution in [0.1, 0.15) is 31.7 Å². The molecule has 1 saturated heterocycles. The van der Waals surface area contributed by atoms with Gasteiger partial charge in [-0.25, -0.2) is 4.39 Å². The number of hydrogen-bond donors (Lipinski definition) is 0. The first-order chi connectivity index (χ1) is 13.9. The standard InChI is InChI=1S/C21H23ClFN3O3/c1-2-21(27)25(17-5-3-16(23)4-6-17)18-9-11-24(12-10-18)14-15-13-19(26(28)29)7-8-20(15)22/h3-8,13,18H,2,9-12,14H2,1H3. The molecule has 1 amide bonds. The van der Waals surface area contributed by atoms with Crippen LogP contribution >= 0.6 is 11.6 Å². The predicted molar refractivity (Wildman–Crippen MR) is 111 cm³/mol. The van der Waals surface area contributed by atoms with Gasteiger partial charge in [-0.3, -0.25) is 19.8 Å². The zero-order chi connectivity index (χ0) is 21.0. The number of nitro groups is 1. The molecule has 0 bridgehead atoms. The fraction of sp³-hybridized carbons (Fsp3) is 0.381. The number of nitro benzene ring substituents is 1. The molecule has 1 aliphatic rings. The van der Waals surface area contributed by atoms with Gasteiger partial charge in [0.2, 0.25) is 5.91 Å². The Bertz CT molecular complexity index is 883. The van der Waals surface area contributed by atoms with Crippen LogP contribution in [0, 0.1) is 15.9 Å². The predicted octanol–water partition coefficient (Wildman–Crippen LogP) is 4.79. The smallest absolute Gasteiger partial charge is 0.269 e. The molecule has 0 aromatic heterocycles. The fourth-order valence-corrected chi connectivity index (χ4v) is 3.88. The summed E-state index contributed by atoms with van der Waals surface area (Å²) in [5.41, 5.74) is 1.45. The van der Waals surface area contributed by atoms with E-state index < -0.39 is 4.92 Å². The molecule has 2 aromatic rings. The van der Waals surface area contributed by atoms with E-state index in [0.29, 0.717) is 23.7 Å². The van der Waals surface area contributed by atoms with Crippen molar-refractivity contribution in [3.8, 4) is 0 Å². The van der Waals surface area contributed by atoms with Gasteiger partial charge >= 0.3 is 0 Å². The first-order valence-electron chi connectivity index (χ1n) is 9.62. The van der Waals surface area contributed by atoms with Crippen LogP contribution in [0.25, 0.3) is 0 Å². The average Bonchev–Trinajstić information content (AvgIpc) is 2.72. The number of halogens is 2. The number of carbonyl (C=O) groups is 1. The Morgan fingerprint density at radius 3 is 2.48 bits per heavy atom. The van der Waals surface area contributed by atoms with Gasteiger partial charge in [-0.05, 0) is 48.7 Å². The lowest BCUT2D eigenvalue weighted by Crippen LogP contribution is -2.47. The number of non-ortho nitro benzene ring substituents is 1. The molecule has 3 rings (SSSR count). The van der Waals surface area contributed by atoms with Crippen molar-refractivity contribution in [3.63, 3.8) is 0 Å². The quantitative estimate of drug-likeness (QED) is 0.498. The monoisotopic (exact) mass is 419 g/mol. The number of carbonyl (C=O) groups excluding carboxylic acids is 1. The minimum Gasteiger partial charge on any atom is -0.309 e. The van der Waals surface area contributed by atoms with Gasteiger partial charge in [-0.1, -0.05) is 18.5 Å². The maximum absolute atomic E-state index is 13.3. The third-order valence-corrected chi connectivity index (χ3v) is 5.60. The minimum atomic E-state index is -0.428. The lowest BCUT2D eigenvalue weighted by Gasteiger charge is -2.38. The van der Waals surface area contributed by atoms with E-state index in [-0.39, 0.29) is 23.5 Å². The summed E-state index contributed by atoms with van der Waals surface area (Å²) >= 11 is 6.22. The zero-order valence-electron chi connectivity index (χ0n) is 16.2. The highest BCUT2D eigenvalue weighted by Crippen LogP contribution is 2.28. The van der Waals surface area contributed by atoms with Crippen LogP contribution in [0.2, 0.25) is 5.02 Å². The molecule has 0 saturated carbocycles. The van der Waals surface area contributed by atoms with Gasteiger partial charge < -0.3 is 4.90 Å². The van der Waals surface area contributed by atoms with Gasteiger partial charge in [0.15, 0.2) is 0 Å². The van der Waals surface area contributed by atoms with Gasteiger partial charge in [0.05, 0.1) is 4.92 Å². The molecule has 29 heavy (non-hydrogen) atoms. The highest BCUT2D eigenvalue weighted by molar-refractivity contribution is 6.31. The molecule has 1 fully saturated rings. The van der Waals surface area contributed by atoms with Gasteiger partial charge in [-0.15, -0.1) is 0 Å². The number of piperidine rings is 1. The Labute approximate surface area is 174 Å². The Kier molecular flexibility index (Phi) is 6.82. The van der Waals surface area contributed by atoms with Crippen molar-refractivity contribution in [2.24, 2.45) is 0 Å². The molecule has 154 valence electrons. The minimum absolute atomic E-state index is 0.0109. The van der Waals surface area contributed by atoms with Crippen LogP contribution in [0.3, 0.4) is 0 Å². The first-order valence-corrected chi connectivity index (χ1v) is 9.99. The highest BCUT2D eigenvalue weighted by atomic mass is 35.5. The van der Waals surface area contributed by atoms with Crippen LogP contribution in [0.15, 0.2) is 42.5 Å². The maximum Gasteiger partial charge on any atom is 0.269 e. The topological polar surface area (TPSA) is 66.7 Å². The van der Waals surface area contributed by atoms with Gasteiger partial charge in [0.1, 0.15) is 5.82 Å². The van der Waals surface area contributed by atoms with Crippen molar-refractivity contribution < 1.29 is 14.1 Å². The normalized spacial score (nSPS) is 15.3. The highest BCUT2D eigenvalue weighted by Gasteiger charge is 2.28. The van der Waals surface area contributed by atoms with E-state index in [1.165, 1.54) is 24.3 Å². The molecular formula is C21H23ClFN3O3. The number of anilines is 1. The van der Waals surface area contributed by atoms with Crippen LogP contribution in [-0.4, -0.2) is 34.9 Å². The van der Waals surface area contributed by atoms with Crippen LogP contribution in [0.5, 0.6) is 0 Å². The molecular weight excluding hydrogens is 397 g/mol. The summed E-state index contributed by atoms with van der Waals surface area (Å²) in [7, 11) is 0. The number of amides is 1. The Balaban J connectivity index is 1.68. The van der Waals surface area contributed by atoms with Crippen molar-refractivity contribution in [1.82, 2.24) is 4.90 Å². The summed E-state index contributed by atoms with van der Waals surface area (Å²) in [6.07, 6.45) is 1.90. The summed E-state index contributed by atoms with van der Waals surface area (Å²) in [6, 6.07) is 10.5. The van der Waals surface area contributed by atoms with E-state index in [9.17, 15) is 19.3 Å². The molecule has 0 N–H and O–H groups in total. The van der Waals surface area contributed by atoms with Crippen molar-refractivity contribution in [3.05, 3.63) is 69.0 Å². The summed E-state index contributed by atoms with van der Waals surface area (Å²) < 4.78 is 13.3. The van der Waals surface area contributed by atoms with Crippen molar-refractivity contribution in [2.45, 2.75) is 38.8 Å². The Morgan fingerprint density at radius 1 is 1.24 bits per heavy atom. The second-order valence-electron chi connectivity index (χ2n) is 7.13. The van der Waals surface area contributed by atoms with Gasteiger partial charge in [0.25, 0.3) is 5.69 Å². The molecule has 6 nitrogen and oxygen atoms in total. The molecule has 0 spiro atoms. The number of likely N-dealkylation sites (tertiary alicyclic amines) is 1. The van der Waals surface area contributed by atoms with E-state index in [4.69, 9.17) is 11.6 Å². The molecule has 0 aliphatic carbocycles. The van der Waals surface area contributed by atoms with E-state index in [2.05, 4.69) is 4.90 Å². The number of nitrogens with zero attached hydrogens (tertiary/aromatic N) is 3. The van der Waals surface area contributed by atoms with Gasteiger partial charge in [-0.2, -0.15) is 0 Å². The van der Waals surface area contributed by atoms with Crippen LogP contribution in [-0.2, 0) is 11.3 Å². The molecule has 0 unspecified atom stereocenters. The average molecular weight is 420 g/mol. The largest absolute Gasteiger partial charge is 0.309 e. The van der Waals surface area contributed by atoms with E-state index in [1.807, 2.05) is 6.92 Å². The van der Waals surface area contributed by atoms with Crippen LogP contribution in [0.4, 0.5) is 15.8 Å². The second-order valence-corrected chi connectivity index (χ2v) is 7.54. The van der Waals surface area contributed by atoms with E-state index >= 15 is 0 Å². The zero-order valence-corrected chi connectivity index (χ0v) is 16.9. The molecule has 2 aromatic carbocycles. The third-order valence-electron chi connectivity index (χ3n) is 5.23. The van der Waals surface area contributed by atoms with E-state index in [0.717, 1.165) is 31.5 Å². The van der Waals surface area contributed by atoms with E-state index in [1.54, 1.807) is 23.1 Å². The van der Waals surface area contributed by atoms with Crippen molar-refractivity contribution in [2.75, 3.05) is 18.0 Å². The molecule has 8 heteroatoms. The SMILES string of the molecule is CCC(=O)N(c1ccc(F)cc1)C1CCN(Cc2cc([N+](=O)[O-])ccc2Cl)CC1. The third kappa shape index (κ3) is 5.10. The lowest BCUT2D eigenvalue weighted by molar-refractivity contribution is -0.384. The number of hydrogen-bond acceptors (Lipinski definition) is 4. The maximum atomic E-state index is 13.3. The number of benzene rings is 2. The first kappa shape index (κ1) is 21.2. The molecule has 1 aliphatic heterocycles. The molecule has 1 heterocycles. The fourth-order valence-electron chi connectivity index (χ4n) is 3.70. The summed E-state index contributed by atoms with van der Waals surface area (Å²) in [6.45, 7) is 3.81. The summed E-state index contributed by atoms with van der Waals surface area (Å²) in [4.78, 5) is 27.1. The molecule has 0 radical (unpaired) electrons. The molecule has 0 atom stereocenters. The number of rotatable bonds is 6. The Morgan fingerprint density at radius 2 is 1.90 bits per heavy atom. The summed E-state index contributed by atoms with van der Waals surface area (Å²) in [5, 5.41) is 11.5. The van der Waals surface area contributed by atoms with Crippen molar-refractivity contribution >= 4 is 28.9 Å². The lowest BCUT2D eigenvalue weighted by atomic mass is 10.0. The van der Waals surface area contributed by atoms with Crippen molar-refractivity contribution in [1.29, 1.82) is 0 Å².